The molecule has 0 saturated carbocycles. The second kappa shape index (κ2) is 8.32. The van der Waals surface area contributed by atoms with Crippen molar-refractivity contribution in [3.05, 3.63) is 59.9 Å². The van der Waals surface area contributed by atoms with Gasteiger partial charge in [0.05, 0.1) is 6.54 Å². The van der Waals surface area contributed by atoms with Gasteiger partial charge in [-0.1, -0.05) is 18.2 Å². The number of carbonyl (C=O) groups excluding carboxylic acids is 1. The SMILES string of the molecule is Cc1ccccc1N1CCN(C(=O)CN(C)Cc2ccncc2)[C@H](C)C1. The van der Waals surface area contributed by atoms with Crippen molar-refractivity contribution < 1.29 is 4.79 Å². The van der Waals surface area contributed by atoms with Gasteiger partial charge in [-0.15, -0.1) is 0 Å². The molecule has 5 nitrogen and oxygen atoms in total. The van der Waals surface area contributed by atoms with Crippen LogP contribution in [0.4, 0.5) is 5.69 Å². The minimum absolute atomic E-state index is 0.207. The van der Waals surface area contributed by atoms with Crippen molar-refractivity contribution in [3.8, 4) is 0 Å². The van der Waals surface area contributed by atoms with Crippen LogP contribution in [0.25, 0.3) is 0 Å². The molecule has 1 aromatic carbocycles. The van der Waals surface area contributed by atoms with E-state index >= 15 is 0 Å². The lowest BCUT2D eigenvalue weighted by Crippen LogP contribution is -2.55. The Bertz CT molecular complexity index is 734. The maximum Gasteiger partial charge on any atom is 0.237 e. The van der Waals surface area contributed by atoms with E-state index in [1.165, 1.54) is 16.8 Å². The van der Waals surface area contributed by atoms with E-state index in [2.05, 4.69) is 52.9 Å². The van der Waals surface area contributed by atoms with E-state index in [0.29, 0.717) is 6.54 Å². The summed E-state index contributed by atoms with van der Waals surface area (Å²) < 4.78 is 0. The highest BCUT2D eigenvalue weighted by Crippen LogP contribution is 2.23. The monoisotopic (exact) mass is 352 g/mol. The van der Waals surface area contributed by atoms with Crippen molar-refractivity contribution in [1.82, 2.24) is 14.8 Å². The highest BCUT2D eigenvalue weighted by atomic mass is 16.2. The second-order valence-electron chi connectivity index (χ2n) is 7.20. The van der Waals surface area contributed by atoms with E-state index in [1.54, 1.807) is 12.4 Å². The summed E-state index contributed by atoms with van der Waals surface area (Å²) in [4.78, 5) is 23.3. The number of aryl methyl sites for hydroxylation is 1. The topological polar surface area (TPSA) is 39.7 Å². The number of hydrogen-bond donors (Lipinski definition) is 0. The number of hydrogen-bond acceptors (Lipinski definition) is 4. The molecule has 1 saturated heterocycles. The molecule has 1 aromatic heterocycles. The summed E-state index contributed by atoms with van der Waals surface area (Å²) in [5.74, 6) is 0.207. The predicted octanol–water partition coefficient (Wildman–Crippen LogP) is 2.56. The Morgan fingerprint density at radius 2 is 1.92 bits per heavy atom. The van der Waals surface area contributed by atoms with Gasteiger partial charge >= 0.3 is 0 Å². The zero-order valence-electron chi connectivity index (χ0n) is 15.9. The Hall–Kier alpha value is -2.40. The zero-order chi connectivity index (χ0) is 18.5. The number of anilines is 1. The zero-order valence-corrected chi connectivity index (χ0v) is 15.9. The number of para-hydroxylation sites is 1. The van der Waals surface area contributed by atoms with Crippen LogP contribution in [-0.4, -0.2) is 60.0 Å². The lowest BCUT2D eigenvalue weighted by atomic mass is 10.1. The maximum atomic E-state index is 12.8. The maximum absolute atomic E-state index is 12.8. The molecule has 2 aromatic rings. The molecular weight excluding hydrogens is 324 g/mol. The Morgan fingerprint density at radius 1 is 1.19 bits per heavy atom. The fourth-order valence-electron chi connectivity index (χ4n) is 3.64. The van der Waals surface area contributed by atoms with E-state index in [-0.39, 0.29) is 11.9 Å². The number of benzene rings is 1. The van der Waals surface area contributed by atoms with Crippen LogP contribution in [0.15, 0.2) is 48.8 Å². The first-order chi connectivity index (χ1) is 12.5. The van der Waals surface area contributed by atoms with Crippen LogP contribution in [0, 0.1) is 6.92 Å². The molecule has 2 heterocycles. The summed E-state index contributed by atoms with van der Waals surface area (Å²) in [5.41, 5.74) is 3.74. The van der Waals surface area contributed by atoms with Crippen molar-refractivity contribution in [2.45, 2.75) is 26.4 Å². The Balaban J connectivity index is 1.55. The summed E-state index contributed by atoms with van der Waals surface area (Å²) in [7, 11) is 1.99. The predicted molar refractivity (Wildman–Crippen MR) is 105 cm³/mol. The Labute approximate surface area is 156 Å². The molecule has 0 unspecified atom stereocenters. The highest BCUT2D eigenvalue weighted by molar-refractivity contribution is 5.79. The molecule has 1 aliphatic rings. The fraction of sp³-hybridized carbons (Fsp3) is 0.429. The highest BCUT2D eigenvalue weighted by Gasteiger charge is 2.28. The standard InChI is InChI=1S/C21H28N4O/c1-17-6-4-5-7-20(17)24-12-13-25(18(2)14-24)21(26)16-23(3)15-19-8-10-22-11-9-19/h4-11,18H,12-16H2,1-3H3/t18-/m1/s1. The summed E-state index contributed by atoms with van der Waals surface area (Å²) in [5, 5.41) is 0. The molecule has 26 heavy (non-hydrogen) atoms. The van der Waals surface area contributed by atoms with Crippen LogP contribution in [0.3, 0.4) is 0 Å². The first-order valence-corrected chi connectivity index (χ1v) is 9.22. The lowest BCUT2D eigenvalue weighted by molar-refractivity contribution is -0.134. The van der Waals surface area contributed by atoms with Crippen LogP contribution in [0.5, 0.6) is 0 Å². The summed E-state index contributed by atoms with van der Waals surface area (Å²) >= 11 is 0. The molecule has 0 bridgehead atoms. The van der Waals surface area contributed by atoms with Gasteiger partial charge in [-0.05, 0) is 50.2 Å². The number of aromatic nitrogens is 1. The minimum Gasteiger partial charge on any atom is -0.367 e. The molecule has 0 N–H and O–H groups in total. The van der Waals surface area contributed by atoms with Gasteiger partial charge in [0.2, 0.25) is 5.91 Å². The van der Waals surface area contributed by atoms with Gasteiger partial charge in [0.1, 0.15) is 0 Å². The molecular formula is C21H28N4O. The number of nitrogens with zero attached hydrogens (tertiary/aromatic N) is 4. The van der Waals surface area contributed by atoms with Gasteiger partial charge in [-0.3, -0.25) is 14.7 Å². The molecule has 1 amide bonds. The number of rotatable bonds is 5. The van der Waals surface area contributed by atoms with Gasteiger partial charge in [0.15, 0.2) is 0 Å². The van der Waals surface area contributed by atoms with Gasteiger partial charge in [0, 0.05) is 50.3 Å². The van der Waals surface area contributed by atoms with Crippen molar-refractivity contribution in [3.63, 3.8) is 0 Å². The Kier molecular flexibility index (Phi) is 5.89. The number of likely N-dealkylation sites (N-methyl/N-ethyl adjacent to an activating group) is 1. The van der Waals surface area contributed by atoms with Crippen molar-refractivity contribution in [2.24, 2.45) is 0 Å². The van der Waals surface area contributed by atoms with Crippen LogP contribution < -0.4 is 4.90 Å². The van der Waals surface area contributed by atoms with Crippen LogP contribution in [-0.2, 0) is 11.3 Å². The molecule has 1 atom stereocenters. The van der Waals surface area contributed by atoms with Crippen LogP contribution in [0.1, 0.15) is 18.1 Å². The molecule has 138 valence electrons. The van der Waals surface area contributed by atoms with Gasteiger partial charge in [-0.25, -0.2) is 0 Å². The molecule has 0 spiro atoms. The quantitative estimate of drug-likeness (QED) is 0.829. The first kappa shape index (κ1) is 18.4. The summed E-state index contributed by atoms with van der Waals surface area (Å²) in [6.07, 6.45) is 3.58. The molecule has 5 heteroatoms. The number of amides is 1. The van der Waals surface area contributed by atoms with Gasteiger partial charge < -0.3 is 9.80 Å². The molecule has 1 fully saturated rings. The average Bonchev–Trinajstić information content (AvgIpc) is 2.62. The second-order valence-corrected chi connectivity index (χ2v) is 7.20. The van der Waals surface area contributed by atoms with Crippen molar-refractivity contribution in [2.75, 3.05) is 38.1 Å². The van der Waals surface area contributed by atoms with E-state index in [4.69, 9.17) is 0 Å². The van der Waals surface area contributed by atoms with E-state index in [9.17, 15) is 4.79 Å². The van der Waals surface area contributed by atoms with Crippen LogP contribution in [0.2, 0.25) is 0 Å². The van der Waals surface area contributed by atoms with E-state index in [1.807, 2.05) is 24.1 Å². The minimum atomic E-state index is 0.207. The number of pyridine rings is 1. The third-order valence-electron chi connectivity index (χ3n) is 5.01. The van der Waals surface area contributed by atoms with E-state index < -0.39 is 0 Å². The number of carbonyl (C=O) groups is 1. The number of piperazine rings is 1. The normalized spacial score (nSPS) is 17.6. The Morgan fingerprint density at radius 3 is 2.62 bits per heavy atom. The molecule has 0 radical (unpaired) electrons. The van der Waals surface area contributed by atoms with Gasteiger partial charge in [0.25, 0.3) is 0 Å². The van der Waals surface area contributed by atoms with Crippen molar-refractivity contribution in [1.29, 1.82) is 0 Å². The smallest absolute Gasteiger partial charge is 0.237 e. The average molecular weight is 352 g/mol. The third-order valence-corrected chi connectivity index (χ3v) is 5.01. The summed E-state index contributed by atoms with van der Waals surface area (Å²) in [6, 6.07) is 12.7. The lowest BCUT2D eigenvalue weighted by Gasteiger charge is -2.42. The molecule has 1 aliphatic heterocycles. The molecule has 0 aliphatic carbocycles. The first-order valence-electron chi connectivity index (χ1n) is 9.22. The van der Waals surface area contributed by atoms with Gasteiger partial charge in [-0.2, -0.15) is 0 Å². The molecule has 3 rings (SSSR count). The van der Waals surface area contributed by atoms with Crippen molar-refractivity contribution >= 4 is 11.6 Å². The fourth-order valence-corrected chi connectivity index (χ4v) is 3.64. The summed E-state index contributed by atoms with van der Waals surface area (Å²) in [6.45, 7) is 8.02. The van der Waals surface area contributed by atoms with E-state index in [0.717, 1.165) is 26.2 Å². The largest absolute Gasteiger partial charge is 0.367 e. The third kappa shape index (κ3) is 4.41. The van der Waals surface area contributed by atoms with Crippen LogP contribution >= 0.6 is 0 Å².